The third-order valence-electron chi connectivity index (χ3n) is 4.15. The number of hydrogen-bond acceptors (Lipinski definition) is 4. The molecule has 3 aromatic rings. The van der Waals surface area contributed by atoms with Gasteiger partial charge in [0.1, 0.15) is 5.84 Å². The zero-order valence-electron chi connectivity index (χ0n) is 15.4. The molecule has 0 radical (unpaired) electrons. The molecule has 0 saturated heterocycles. The average molecular weight is 490 g/mol. The molecular weight excluding hydrogens is 470 g/mol. The predicted molar refractivity (Wildman–Crippen MR) is 123 cm³/mol. The van der Waals surface area contributed by atoms with Crippen molar-refractivity contribution in [2.24, 2.45) is 5.73 Å². The normalized spacial score (nSPS) is 11.2. The molecule has 3 rings (SSSR count). The Labute approximate surface area is 183 Å². The van der Waals surface area contributed by atoms with Crippen molar-refractivity contribution in [1.82, 2.24) is 0 Å². The van der Waals surface area contributed by atoms with Crippen molar-refractivity contribution in [2.75, 3.05) is 10.5 Å². The van der Waals surface area contributed by atoms with E-state index in [1.807, 2.05) is 42.5 Å². The SMILES string of the molecule is N=C(N)c1ccc(CCSc2ccccc2NS(=O)(=O)c2cccc(Br)c2)cc1. The molecule has 0 saturated carbocycles. The Morgan fingerprint density at radius 1 is 1.03 bits per heavy atom. The van der Waals surface area contributed by atoms with Crippen LogP contribution >= 0.6 is 27.7 Å². The summed E-state index contributed by atoms with van der Waals surface area (Å²) in [6, 6.07) is 21.6. The van der Waals surface area contributed by atoms with Crippen LogP contribution in [0.5, 0.6) is 0 Å². The lowest BCUT2D eigenvalue weighted by molar-refractivity contribution is 0.601. The van der Waals surface area contributed by atoms with E-state index in [2.05, 4.69) is 20.7 Å². The van der Waals surface area contributed by atoms with Crippen molar-refractivity contribution in [2.45, 2.75) is 16.2 Å². The number of amidine groups is 1. The Hall–Kier alpha value is -2.29. The van der Waals surface area contributed by atoms with Crippen molar-refractivity contribution >= 4 is 49.2 Å². The molecule has 0 bridgehead atoms. The molecule has 3 aromatic carbocycles. The van der Waals surface area contributed by atoms with E-state index in [-0.39, 0.29) is 10.7 Å². The van der Waals surface area contributed by atoms with Gasteiger partial charge < -0.3 is 5.73 Å². The maximum atomic E-state index is 12.7. The highest BCUT2D eigenvalue weighted by atomic mass is 79.9. The van der Waals surface area contributed by atoms with Gasteiger partial charge in [-0.15, -0.1) is 11.8 Å². The van der Waals surface area contributed by atoms with Crippen LogP contribution in [0.3, 0.4) is 0 Å². The van der Waals surface area contributed by atoms with Gasteiger partial charge in [0.25, 0.3) is 10.0 Å². The van der Waals surface area contributed by atoms with E-state index in [4.69, 9.17) is 11.1 Å². The summed E-state index contributed by atoms with van der Waals surface area (Å²) in [4.78, 5) is 1.07. The van der Waals surface area contributed by atoms with E-state index in [1.165, 1.54) is 0 Å². The van der Waals surface area contributed by atoms with Crippen molar-refractivity contribution in [3.63, 3.8) is 0 Å². The monoisotopic (exact) mass is 489 g/mol. The van der Waals surface area contributed by atoms with Crippen LogP contribution in [0.2, 0.25) is 0 Å². The zero-order valence-corrected chi connectivity index (χ0v) is 18.6. The quantitative estimate of drug-likeness (QED) is 0.239. The number of thioether (sulfide) groups is 1. The van der Waals surface area contributed by atoms with E-state index >= 15 is 0 Å². The predicted octanol–water partition coefficient (Wildman–Crippen LogP) is 4.87. The number of nitrogens with two attached hydrogens (primary N) is 1. The fourth-order valence-corrected chi connectivity index (χ4v) is 5.39. The molecule has 0 fully saturated rings. The van der Waals surface area contributed by atoms with Gasteiger partial charge in [0.2, 0.25) is 0 Å². The minimum Gasteiger partial charge on any atom is -0.384 e. The number of hydrogen-bond donors (Lipinski definition) is 3. The van der Waals surface area contributed by atoms with E-state index in [0.29, 0.717) is 15.7 Å². The van der Waals surface area contributed by atoms with Gasteiger partial charge in [-0.2, -0.15) is 0 Å². The number of rotatable bonds is 8. The van der Waals surface area contributed by atoms with Crippen molar-refractivity contribution in [1.29, 1.82) is 5.41 Å². The van der Waals surface area contributed by atoms with Gasteiger partial charge in [-0.1, -0.05) is 58.4 Å². The molecular formula is C21H20BrN3O2S2. The number of nitrogens with one attached hydrogen (secondary N) is 2. The van der Waals surface area contributed by atoms with E-state index in [9.17, 15) is 8.42 Å². The molecule has 5 nitrogen and oxygen atoms in total. The molecule has 29 heavy (non-hydrogen) atoms. The minimum absolute atomic E-state index is 0.0533. The number of nitrogen functional groups attached to an aromatic ring is 1. The lowest BCUT2D eigenvalue weighted by atomic mass is 10.1. The second-order valence-corrected chi connectivity index (χ2v) is 10.0. The van der Waals surface area contributed by atoms with Gasteiger partial charge in [-0.05, 0) is 42.3 Å². The number of sulfonamides is 1. The van der Waals surface area contributed by atoms with Gasteiger partial charge in [0.15, 0.2) is 0 Å². The molecule has 8 heteroatoms. The van der Waals surface area contributed by atoms with Crippen LogP contribution in [0, 0.1) is 5.41 Å². The first-order chi connectivity index (χ1) is 13.8. The van der Waals surface area contributed by atoms with Gasteiger partial charge in [0, 0.05) is 20.7 Å². The second kappa shape index (κ2) is 9.47. The van der Waals surface area contributed by atoms with Crippen LogP contribution in [-0.2, 0) is 16.4 Å². The van der Waals surface area contributed by atoms with E-state index in [1.54, 1.807) is 42.1 Å². The molecule has 0 aliphatic rings. The Balaban J connectivity index is 1.68. The summed E-state index contributed by atoms with van der Waals surface area (Å²) in [6.45, 7) is 0. The van der Waals surface area contributed by atoms with Gasteiger partial charge in [-0.25, -0.2) is 8.42 Å². The molecule has 0 aliphatic heterocycles. The first-order valence-corrected chi connectivity index (χ1v) is 12.0. The molecule has 0 heterocycles. The molecule has 4 N–H and O–H groups in total. The molecule has 0 amide bonds. The van der Waals surface area contributed by atoms with E-state index < -0.39 is 10.0 Å². The molecule has 0 aliphatic carbocycles. The zero-order chi connectivity index (χ0) is 20.9. The van der Waals surface area contributed by atoms with Crippen molar-refractivity contribution in [3.8, 4) is 0 Å². The van der Waals surface area contributed by atoms with Crippen LogP contribution in [0.15, 0.2) is 87.1 Å². The maximum absolute atomic E-state index is 12.7. The standard InChI is InChI=1S/C21H20BrN3O2S2/c22-17-4-3-5-18(14-17)29(26,27)25-19-6-1-2-7-20(19)28-13-12-15-8-10-16(11-9-15)21(23)24/h1-11,14,25H,12-13H2,(H3,23,24). The third kappa shape index (κ3) is 5.85. The molecule has 0 atom stereocenters. The first-order valence-electron chi connectivity index (χ1n) is 8.79. The number of benzene rings is 3. The Bertz CT molecular complexity index is 1120. The lowest BCUT2D eigenvalue weighted by Crippen LogP contribution is -2.13. The average Bonchev–Trinajstić information content (AvgIpc) is 2.69. The summed E-state index contributed by atoms with van der Waals surface area (Å²) >= 11 is 4.90. The summed E-state index contributed by atoms with van der Waals surface area (Å²) in [5.41, 5.74) is 7.87. The van der Waals surface area contributed by atoms with Crippen LogP contribution in [0.25, 0.3) is 0 Å². The summed E-state index contributed by atoms with van der Waals surface area (Å²) in [6.07, 6.45) is 0.815. The molecule has 0 aromatic heterocycles. The minimum atomic E-state index is -3.67. The fourth-order valence-electron chi connectivity index (χ4n) is 2.64. The first kappa shape index (κ1) is 21.4. The fraction of sp³-hybridized carbons (Fsp3) is 0.0952. The Kier molecular flexibility index (Phi) is 7.00. The highest BCUT2D eigenvalue weighted by Gasteiger charge is 2.16. The lowest BCUT2D eigenvalue weighted by Gasteiger charge is -2.12. The van der Waals surface area contributed by atoms with Gasteiger partial charge in [-0.3, -0.25) is 10.1 Å². The van der Waals surface area contributed by atoms with Crippen LogP contribution < -0.4 is 10.5 Å². The van der Waals surface area contributed by atoms with Crippen LogP contribution in [-0.4, -0.2) is 20.0 Å². The van der Waals surface area contributed by atoms with Crippen LogP contribution in [0.4, 0.5) is 5.69 Å². The highest BCUT2D eigenvalue weighted by molar-refractivity contribution is 9.10. The summed E-state index contributed by atoms with van der Waals surface area (Å²) in [7, 11) is -3.67. The van der Waals surface area contributed by atoms with Gasteiger partial charge in [0.05, 0.1) is 10.6 Å². The van der Waals surface area contributed by atoms with Crippen molar-refractivity contribution in [3.05, 3.63) is 88.4 Å². The molecule has 0 spiro atoms. The topological polar surface area (TPSA) is 96.0 Å². The summed E-state index contributed by atoms with van der Waals surface area (Å²) in [5.74, 6) is 0.840. The number of para-hydroxylation sites is 1. The number of halogens is 1. The summed E-state index contributed by atoms with van der Waals surface area (Å²) < 4.78 is 28.8. The van der Waals surface area contributed by atoms with Crippen LogP contribution in [0.1, 0.15) is 11.1 Å². The molecule has 150 valence electrons. The smallest absolute Gasteiger partial charge is 0.261 e. The van der Waals surface area contributed by atoms with Crippen molar-refractivity contribution < 1.29 is 8.42 Å². The molecule has 0 unspecified atom stereocenters. The Morgan fingerprint density at radius 2 is 1.76 bits per heavy atom. The largest absolute Gasteiger partial charge is 0.384 e. The summed E-state index contributed by atoms with van der Waals surface area (Å²) in [5, 5.41) is 7.44. The van der Waals surface area contributed by atoms with Gasteiger partial charge >= 0.3 is 0 Å². The van der Waals surface area contributed by atoms with E-state index in [0.717, 1.165) is 22.6 Å². The number of anilines is 1. The number of aryl methyl sites for hydroxylation is 1. The maximum Gasteiger partial charge on any atom is 0.261 e. The highest BCUT2D eigenvalue weighted by Crippen LogP contribution is 2.30. The Morgan fingerprint density at radius 3 is 2.45 bits per heavy atom. The third-order valence-corrected chi connectivity index (χ3v) is 7.08. The second-order valence-electron chi connectivity index (χ2n) is 6.27.